The lowest BCUT2D eigenvalue weighted by Crippen LogP contribution is -2.42. The molecule has 3 unspecified atom stereocenters. The van der Waals surface area contributed by atoms with E-state index in [0.29, 0.717) is 23.9 Å². The number of nitrogens with zero attached hydrogens (tertiary/aromatic N) is 3. The largest absolute Gasteiger partial charge is 0.468 e. The smallest absolute Gasteiger partial charge is 0.387 e. The first-order valence-corrected chi connectivity index (χ1v) is 9.77. The van der Waals surface area contributed by atoms with Crippen molar-refractivity contribution in [1.29, 1.82) is 0 Å². The number of hydrogen-bond acceptors (Lipinski definition) is 7. The number of aromatic nitrogens is 2. The van der Waals surface area contributed by atoms with Crippen LogP contribution >= 0.6 is 0 Å². The fourth-order valence-corrected chi connectivity index (χ4v) is 4.58. The maximum atomic E-state index is 12.7. The van der Waals surface area contributed by atoms with E-state index in [1.54, 1.807) is 18.2 Å². The Hall–Kier alpha value is -2.55. The van der Waals surface area contributed by atoms with Gasteiger partial charge >= 0.3 is 12.6 Å². The van der Waals surface area contributed by atoms with E-state index in [2.05, 4.69) is 19.8 Å². The Morgan fingerprint density at radius 2 is 2.10 bits per heavy atom. The Balaban J connectivity index is 1.56. The van der Waals surface area contributed by atoms with E-state index in [1.165, 1.54) is 19.6 Å². The molecule has 0 spiro atoms. The van der Waals surface area contributed by atoms with Crippen molar-refractivity contribution in [1.82, 2.24) is 15.0 Å². The first-order chi connectivity index (χ1) is 14.1. The Kier molecular flexibility index (Phi) is 5.75. The molecule has 0 N–H and O–H groups in total. The van der Waals surface area contributed by atoms with E-state index in [1.807, 2.05) is 0 Å². The van der Waals surface area contributed by atoms with Crippen LogP contribution in [0.5, 0.6) is 5.75 Å². The van der Waals surface area contributed by atoms with Gasteiger partial charge in [0.1, 0.15) is 11.8 Å². The molecule has 1 saturated carbocycles. The lowest BCUT2D eigenvalue weighted by atomic mass is 9.85. The van der Waals surface area contributed by atoms with Crippen LogP contribution in [0.3, 0.4) is 0 Å². The highest BCUT2D eigenvalue weighted by Crippen LogP contribution is 2.41. The molecule has 156 valence electrons. The van der Waals surface area contributed by atoms with Gasteiger partial charge in [0.2, 0.25) is 11.7 Å². The molecule has 1 saturated heterocycles. The lowest BCUT2D eigenvalue weighted by molar-refractivity contribution is -0.146. The van der Waals surface area contributed by atoms with E-state index in [0.717, 1.165) is 25.7 Å². The van der Waals surface area contributed by atoms with Crippen LogP contribution in [0.1, 0.15) is 38.0 Å². The van der Waals surface area contributed by atoms with Gasteiger partial charge in [-0.25, -0.2) is 0 Å². The highest BCUT2D eigenvalue weighted by atomic mass is 19.3. The molecule has 29 heavy (non-hydrogen) atoms. The normalized spacial score (nSPS) is 24.5. The third-order valence-corrected chi connectivity index (χ3v) is 5.82. The number of para-hydroxylation sites is 1. The van der Waals surface area contributed by atoms with Gasteiger partial charge in [0.05, 0.1) is 19.2 Å². The molecular weight excluding hydrogens is 384 g/mol. The van der Waals surface area contributed by atoms with Crippen molar-refractivity contribution in [3.05, 3.63) is 30.2 Å². The minimum atomic E-state index is -2.95. The number of halogens is 2. The van der Waals surface area contributed by atoms with Gasteiger partial charge in [0, 0.05) is 6.04 Å². The zero-order valence-electron chi connectivity index (χ0n) is 16.1. The van der Waals surface area contributed by atoms with Crippen molar-refractivity contribution in [2.24, 2.45) is 5.92 Å². The minimum Gasteiger partial charge on any atom is -0.468 e. The van der Waals surface area contributed by atoms with Crippen LogP contribution in [0.4, 0.5) is 8.78 Å². The molecule has 1 aromatic carbocycles. The van der Waals surface area contributed by atoms with Crippen molar-refractivity contribution in [3.63, 3.8) is 0 Å². The van der Waals surface area contributed by atoms with Crippen LogP contribution in [0, 0.1) is 5.92 Å². The number of esters is 1. The number of methoxy groups -OCH3 is 1. The number of hydrogen-bond donors (Lipinski definition) is 0. The molecule has 2 heterocycles. The van der Waals surface area contributed by atoms with Gasteiger partial charge in [-0.1, -0.05) is 30.1 Å². The second-order valence-electron chi connectivity index (χ2n) is 7.45. The summed E-state index contributed by atoms with van der Waals surface area (Å²) in [7, 11) is 1.40. The van der Waals surface area contributed by atoms with Gasteiger partial charge in [-0.2, -0.15) is 13.8 Å². The predicted molar refractivity (Wildman–Crippen MR) is 98.1 cm³/mol. The lowest BCUT2D eigenvalue weighted by Gasteiger charge is -2.32. The first kappa shape index (κ1) is 19.8. The number of fused-ring (bicyclic) bond motifs is 1. The van der Waals surface area contributed by atoms with Crippen molar-refractivity contribution < 1.29 is 27.6 Å². The van der Waals surface area contributed by atoms with Crippen molar-refractivity contribution in [2.45, 2.75) is 57.3 Å². The molecule has 2 aromatic rings. The summed E-state index contributed by atoms with van der Waals surface area (Å²) < 4.78 is 40.3. The van der Waals surface area contributed by atoms with E-state index in [4.69, 9.17) is 9.26 Å². The Labute approximate surface area is 167 Å². The molecule has 3 atom stereocenters. The fraction of sp³-hybridized carbons (Fsp3) is 0.550. The molecule has 1 aliphatic heterocycles. The maximum Gasteiger partial charge on any atom is 0.387 e. The summed E-state index contributed by atoms with van der Waals surface area (Å²) in [4.78, 5) is 18.8. The number of alkyl halides is 2. The topological polar surface area (TPSA) is 77.7 Å². The van der Waals surface area contributed by atoms with E-state index in [9.17, 15) is 13.6 Å². The summed E-state index contributed by atoms with van der Waals surface area (Å²) in [5.74, 6) is 0.679. The molecule has 7 nitrogen and oxygen atoms in total. The highest BCUT2D eigenvalue weighted by Gasteiger charge is 2.46. The second-order valence-corrected chi connectivity index (χ2v) is 7.45. The summed E-state index contributed by atoms with van der Waals surface area (Å²) in [5.41, 5.74) is 0.323. The maximum absolute atomic E-state index is 12.7. The van der Waals surface area contributed by atoms with Crippen molar-refractivity contribution >= 4 is 5.97 Å². The Bertz CT molecular complexity index is 860. The fourth-order valence-electron chi connectivity index (χ4n) is 4.58. The summed E-state index contributed by atoms with van der Waals surface area (Å²) in [6.45, 7) is -2.64. The van der Waals surface area contributed by atoms with Gasteiger partial charge in [0.25, 0.3) is 0 Å². The van der Waals surface area contributed by atoms with E-state index >= 15 is 0 Å². The Morgan fingerprint density at radius 1 is 1.31 bits per heavy atom. The van der Waals surface area contributed by atoms with Gasteiger partial charge in [-0.15, -0.1) is 0 Å². The molecule has 1 aromatic heterocycles. The summed E-state index contributed by atoms with van der Waals surface area (Å²) in [6, 6.07) is 6.24. The van der Waals surface area contributed by atoms with Crippen LogP contribution in [0.2, 0.25) is 0 Å². The summed E-state index contributed by atoms with van der Waals surface area (Å²) >= 11 is 0. The molecule has 2 aliphatic rings. The number of ether oxygens (including phenoxy) is 2. The monoisotopic (exact) mass is 407 g/mol. The zero-order valence-corrected chi connectivity index (χ0v) is 16.1. The molecule has 2 fully saturated rings. The minimum absolute atomic E-state index is 0.0178. The molecule has 0 amide bonds. The van der Waals surface area contributed by atoms with Crippen LogP contribution < -0.4 is 4.74 Å². The average molecular weight is 407 g/mol. The van der Waals surface area contributed by atoms with E-state index < -0.39 is 6.61 Å². The standard InChI is InChI=1S/C20H23F2N3O4/c1-27-19(26)15-10-12-6-2-4-8-14(12)25(15)11-17-23-18(24-29-17)13-7-3-5-9-16(13)28-20(21)22/h3,5,7,9,12,14-15,20H,2,4,6,8,10-11H2,1H3. The molecule has 0 radical (unpaired) electrons. The van der Waals surface area contributed by atoms with Crippen LogP contribution in [-0.2, 0) is 16.1 Å². The van der Waals surface area contributed by atoms with Gasteiger partial charge in [0.15, 0.2) is 0 Å². The number of carbonyl (C=O) groups excluding carboxylic acids is 1. The quantitative estimate of drug-likeness (QED) is 0.677. The van der Waals surface area contributed by atoms with Crippen LogP contribution in [0.15, 0.2) is 28.8 Å². The van der Waals surface area contributed by atoms with Crippen LogP contribution in [0.25, 0.3) is 11.4 Å². The van der Waals surface area contributed by atoms with Gasteiger partial charge in [-0.3, -0.25) is 9.69 Å². The summed E-state index contributed by atoms with van der Waals surface area (Å²) in [5, 5.41) is 3.94. The third kappa shape index (κ3) is 4.10. The number of likely N-dealkylation sites (tertiary alicyclic amines) is 1. The van der Waals surface area contributed by atoms with Crippen molar-refractivity contribution in [2.75, 3.05) is 7.11 Å². The molecule has 4 rings (SSSR count). The van der Waals surface area contributed by atoms with Crippen LogP contribution in [-0.4, -0.2) is 46.8 Å². The van der Waals surface area contributed by atoms with E-state index in [-0.39, 0.29) is 29.6 Å². The number of benzene rings is 1. The number of rotatable bonds is 6. The molecule has 0 bridgehead atoms. The summed E-state index contributed by atoms with van der Waals surface area (Å²) in [6.07, 6.45) is 5.18. The second kappa shape index (κ2) is 8.44. The van der Waals surface area contributed by atoms with Gasteiger partial charge in [-0.05, 0) is 37.3 Å². The number of carbonyl (C=O) groups is 1. The zero-order chi connectivity index (χ0) is 20.4. The predicted octanol–water partition coefficient (Wildman–Crippen LogP) is 3.64. The third-order valence-electron chi connectivity index (χ3n) is 5.82. The van der Waals surface area contributed by atoms with Gasteiger partial charge < -0.3 is 14.0 Å². The highest BCUT2D eigenvalue weighted by molar-refractivity contribution is 5.76. The van der Waals surface area contributed by atoms with Crippen molar-refractivity contribution in [3.8, 4) is 17.1 Å². The average Bonchev–Trinajstić information content (AvgIpc) is 3.33. The Morgan fingerprint density at radius 3 is 2.90 bits per heavy atom. The molecule has 1 aliphatic carbocycles. The molecule has 9 heteroatoms. The molecular formula is C20H23F2N3O4. The first-order valence-electron chi connectivity index (χ1n) is 9.77. The SMILES string of the molecule is COC(=O)C1CC2CCCCC2N1Cc1nc(-c2ccccc2OC(F)F)no1.